The standard InChI is InChI=1S/C14H14N2S/c1-11-4-2-3-5-12(11)9-16-10-14-7-6-13(8-15)17-14/h2-7,16H,9-10H2,1H3. The van der Waals surface area contributed by atoms with E-state index in [1.165, 1.54) is 16.0 Å². The Morgan fingerprint density at radius 3 is 2.71 bits per heavy atom. The summed E-state index contributed by atoms with van der Waals surface area (Å²) >= 11 is 1.55. The minimum absolute atomic E-state index is 0.776. The van der Waals surface area contributed by atoms with Gasteiger partial charge in [0.05, 0.1) is 0 Å². The van der Waals surface area contributed by atoms with Gasteiger partial charge in [0.25, 0.3) is 0 Å². The summed E-state index contributed by atoms with van der Waals surface area (Å²) in [6, 6.07) is 14.4. The van der Waals surface area contributed by atoms with Gasteiger partial charge in [-0.25, -0.2) is 0 Å². The zero-order chi connectivity index (χ0) is 12.1. The lowest BCUT2D eigenvalue weighted by Gasteiger charge is -2.06. The third kappa shape index (κ3) is 3.16. The number of hydrogen-bond acceptors (Lipinski definition) is 3. The third-order valence-corrected chi connectivity index (χ3v) is 3.64. The zero-order valence-corrected chi connectivity index (χ0v) is 10.6. The van der Waals surface area contributed by atoms with Crippen LogP contribution in [0.4, 0.5) is 0 Å². The van der Waals surface area contributed by atoms with Crippen molar-refractivity contribution in [3.8, 4) is 6.07 Å². The van der Waals surface area contributed by atoms with E-state index in [2.05, 4.69) is 42.6 Å². The number of rotatable bonds is 4. The lowest BCUT2D eigenvalue weighted by molar-refractivity contribution is 0.698. The molecule has 1 heterocycles. The molecule has 1 aromatic carbocycles. The maximum atomic E-state index is 8.73. The second-order valence-electron chi connectivity index (χ2n) is 3.91. The summed E-state index contributed by atoms with van der Waals surface area (Å²) in [7, 11) is 0. The second-order valence-corrected chi connectivity index (χ2v) is 5.08. The predicted molar refractivity (Wildman–Crippen MR) is 70.8 cm³/mol. The van der Waals surface area contributed by atoms with E-state index in [0.717, 1.165) is 18.0 Å². The van der Waals surface area contributed by atoms with Crippen LogP contribution >= 0.6 is 11.3 Å². The van der Waals surface area contributed by atoms with Crippen LogP contribution in [0.2, 0.25) is 0 Å². The molecule has 0 aliphatic carbocycles. The van der Waals surface area contributed by atoms with Gasteiger partial charge in [-0.1, -0.05) is 24.3 Å². The molecule has 0 aliphatic heterocycles. The summed E-state index contributed by atoms with van der Waals surface area (Å²) in [4.78, 5) is 1.98. The Morgan fingerprint density at radius 2 is 2.00 bits per heavy atom. The molecule has 0 aliphatic rings. The first-order chi connectivity index (χ1) is 8.29. The van der Waals surface area contributed by atoms with Gasteiger partial charge >= 0.3 is 0 Å². The highest BCUT2D eigenvalue weighted by atomic mass is 32.1. The molecule has 1 aromatic heterocycles. The lowest BCUT2D eigenvalue weighted by atomic mass is 10.1. The fraction of sp³-hybridized carbons (Fsp3) is 0.214. The molecule has 17 heavy (non-hydrogen) atoms. The van der Waals surface area contributed by atoms with E-state index in [0.29, 0.717) is 0 Å². The molecule has 0 unspecified atom stereocenters. The summed E-state index contributed by atoms with van der Waals surface area (Å²) in [5.74, 6) is 0. The maximum absolute atomic E-state index is 8.73. The number of nitrogens with zero attached hydrogens (tertiary/aromatic N) is 1. The van der Waals surface area contributed by atoms with Gasteiger partial charge in [0.2, 0.25) is 0 Å². The van der Waals surface area contributed by atoms with Gasteiger partial charge < -0.3 is 5.32 Å². The van der Waals surface area contributed by atoms with E-state index >= 15 is 0 Å². The van der Waals surface area contributed by atoms with Crippen LogP contribution in [0.15, 0.2) is 36.4 Å². The van der Waals surface area contributed by atoms with Gasteiger partial charge in [-0.05, 0) is 30.2 Å². The first-order valence-electron chi connectivity index (χ1n) is 5.53. The van der Waals surface area contributed by atoms with Crippen molar-refractivity contribution >= 4 is 11.3 Å². The predicted octanol–water partition coefficient (Wildman–Crippen LogP) is 3.22. The molecule has 3 heteroatoms. The van der Waals surface area contributed by atoms with E-state index in [4.69, 9.17) is 5.26 Å². The Balaban J connectivity index is 1.88. The molecular formula is C14H14N2S. The molecule has 0 saturated carbocycles. The molecule has 0 amide bonds. The Kier molecular flexibility index (Phi) is 3.92. The van der Waals surface area contributed by atoms with Gasteiger partial charge in [0.15, 0.2) is 0 Å². The monoisotopic (exact) mass is 242 g/mol. The number of nitriles is 1. The second kappa shape index (κ2) is 5.62. The van der Waals surface area contributed by atoms with Crippen molar-refractivity contribution in [1.29, 1.82) is 5.26 Å². The fourth-order valence-corrected chi connectivity index (χ4v) is 2.44. The summed E-state index contributed by atoms with van der Waals surface area (Å²) in [6.45, 7) is 3.81. The molecule has 0 fully saturated rings. The third-order valence-electron chi connectivity index (χ3n) is 2.65. The molecular weight excluding hydrogens is 228 g/mol. The van der Waals surface area contributed by atoms with Crippen LogP contribution in [0.3, 0.4) is 0 Å². The number of benzene rings is 1. The van der Waals surface area contributed by atoms with Crippen LogP contribution in [-0.2, 0) is 13.1 Å². The highest BCUT2D eigenvalue weighted by Gasteiger charge is 2.00. The smallest absolute Gasteiger partial charge is 0.110 e. The largest absolute Gasteiger partial charge is 0.308 e. The number of nitrogens with one attached hydrogen (secondary N) is 1. The molecule has 2 nitrogen and oxygen atoms in total. The Morgan fingerprint density at radius 1 is 1.18 bits per heavy atom. The molecule has 0 spiro atoms. The van der Waals surface area contributed by atoms with Gasteiger partial charge in [-0.2, -0.15) is 5.26 Å². The first kappa shape index (κ1) is 11.8. The highest BCUT2D eigenvalue weighted by Crippen LogP contribution is 2.15. The highest BCUT2D eigenvalue weighted by molar-refractivity contribution is 7.12. The Labute approximate surface area is 106 Å². The molecule has 2 aromatic rings. The van der Waals surface area contributed by atoms with Crippen molar-refractivity contribution in [2.45, 2.75) is 20.0 Å². The fourth-order valence-electron chi connectivity index (χ4n) is 1.66. The molecule has 0 atom stereocenters. The normalized spacial score (nSPS) is 10.1. The van der Waals surface area contributed by atoms with E-state index in [9.17, 15) is 0 Å². The number of aryl methyl sites for hydroxylation is 1. The summed E-state index contributed by atoms with van der Waals surface area (Å²) in [5.41, 5.74) is 2.63. The Bertz CT molecular complexity index is 537. The van der Waals surface area contributed by atoms with Crippen LogP contribution in [0.1, 0.15) is 20.9 Å². The summed E-state index contributed by atoms with van der Waals surface area (Å²) in [5, 5.41) is 12.1. The van der Waals surface area contributed by atoms with Crippen LogP contribution in [-0.4, -0.2) is 0 Å². The van der Waals surface area contributed by atoms with Gasteiger partial charge in [-0.3, -0.25) is 0 Å². The molecule has 0 saturated heterocycles. The quantitative estimate of drug-likeness (QED) is 0.893. The van der Waals surface area contributed by atoms with Crippen molar-refractivity contribution in [2.24, 2.45) is 0 Å². The van der Waals surface area contributed by atoms with E-state index in [-0.39, 0.29) is 0 Å². The topological polar surface area (TPSA) is 35.8 Å². The van der Waals surface area contributed by atoms with Gasteiger partial charge in [-0.15, -0.1) is 11.3 Å². The zero-order valence-electron chi connectivity index (χ0n) is 9.73. The maximum Gasteiger partial charge on any atom is 0.110 e. The van der Waals surface area contributed by atoms with Gasteiger partial charge in [0, 0.05) is 18.0 Å². The summed E-state index contributed by atoms with van der Waals surface area (Å²) < 4.78 is 0. The van der Waals surface area contributed by atoms with Crippen LogP contribution < -0.4 is 5.32 Å². The number of thiophene rings is 1. The van der Waals surface area contributed by atoms with Crippen molar-refractivity contribution < 1.29 is 0 Å². The van der Waals surface area contributed by atoms with Crippen molar-refractivity contribution in [3.05, 3.63) is 57.3 Å². The Hall–Kier alpha value is -1.63. The summed E-state index contributed by atoms with van der Waals surface area (Å²) in [6.07, 6.45) is 0. The average molecular weight is 242 g/mol. The molecule has 86 valence electrons. The number of hydrogen-bond donors (Lipinski definition) is 1. The lowest BCUT2D eigenvalue weighted by Crippen LogP contribution is -2.12. The molecule has 0 bridgehead atoms. The van der Waals surface area contributed by atoms with Crippen molar-refractivity contribution in [1.82, 2.24) is 5.32 Å². The van der Waals surface area contributed by atoms with Crippen LogP contribution in [0.5, 0.6) is 0 Å². The minimum Gasteiger partial charge on any atom is -0.308 e. The minimum atomic E-state index is 0.776. The van der Waals surface area contributed by atoms with Crippen LogP contribution in [0, 0.1) is 18.3 Å². The average Bonchev–Trinajstić information content (AvgIpc) is 2.80. The van der Waals surface area contributed by atoms with E-state index < -0.39 is 0 Å². The van der Waals surface area contributed by atoms with E-state index in [1.54, 1.807) is 11.3 Å². The first-order valence-corrected chi connectivity index (χ1v) is 6.35. The van der Waals surface area contributed by atoms with E-state index in [1.807, 2.05) is 12.1 Å². The van der Waals surface area contributed by atoms with Crippen molar-refractivity contribution in [2.75, 3.05) is 0 Å². The van der Waals surface area contributed by atoms with Gasteiger partial charge in [0.1, 0.15) is 10.9 Å². The molecule has 2 rings (SSSR count). The molecule has 1 N–H and O–H groups in total. The van der Waals surface area contributed by atoms with Crippen LogP contribution in [0.25, 0.3) is 0 Å². The molecule has 0 radical (unpaired) electrons. The van der Waals surface area contributed by atoms with Crippen molar-refractivity contribution in [3.63, 3.8) is 0 Å². The SMILES string of the molecule is Cc1ccccc1CNCc1ccc(C#N)s1.